The fraction of sp³-hybridized carbons (Fsp3) is 0.348. The molecule has 0 bridgehead atoms. The molecule has 0 radical (unpaired) electrons. The molecule has 0 unspecified atom stereocenters. The molecule has 1 saturated heterocycles. The van der Waals surface area contributed by atoms with Crippen molar-refractivity contribution in [1.82, 2.24) is 25.0 Å². The number of piperazine rings is 1. The summed E-state index contributed by atoms with van der Waals surface area (Å²) in [4.78, 5) is 26.4. The van der Waals surface area contributed by atoms with Gasteiger partial charge in [0.25, 0.3) is 0 Å². The number of carbonyl (C=O) groups excluding carboxylic acids is 1. The quantitative estimate of drug-likeness (QED) is 0.466. The van der Waals surface area contributed by atoms with Crippen LogP contribution in [0.5, 0.6) is 11.5 Å². The summed E-state index contributed by atoms with van der Waals surface area (Å²) < 4.78 is 6.73. The number of benzene rings is 2. The number of amides is 1. The lowest BCUT2D eigenvalue weighted by atomic mass is 9.98. The zero-order valence-corrected chi connectivity index (χ0v) is 18.5. The van der Waals surface area contributed by atoms with Gasteiger partial charge in [0.05, 0.1) is 11.3 Å². The molecule has 10 heteroatoms. The van der Waals surface area contributed by atoms with Crippen molar-refractivity contribution in [3.05, 3.63) is 58.0 Å². The van der Waals surface area contributed by atoms with Gasteiger partial charge in [0, 0.05) is 32.2 Å². The topological polar surface area (TPSA) is 133 Å². The molecular weight excluding hydrogens is 426 g/mol. The lowest BCUT2D eigenvalue weighted by Crippen LogP contribution is -2.46. The number of aromatic nitrogens is 3. The van der Waals surface area contributed by atoms with Gasteiger partial charge in [-0.15, -0.1) is 0 Å². The summed E-state index contributed by atoms with van der Waals surface area (Å²) in [5, 5.41) is 30.2. The standard InChI is InChI=1S/C23H27N5O5/c1-14(2)17-11-18(20(30)12-19(17)29)21-25-26-22(31)28(21)16-5-3-15(4-6-16)13-33-23(32)27-9-7-24-8-10-27/h3-6,11-12,14,24,29-30H,7-10,13H2,1-2H3,(H,26,31). The molecule has 2 aromatic carbocycles. The van der Waals surface area contributed by atoms with E-state index in [0.717, 1.165) is 18.7 Å². The van der Waals surface area contributed by atoms with E-state index in [4.69, 9.17) is 4.74 Å². The molecule has 2 heterocycles. The van der Waals surface area contributed by atoms with Crippen molar-refractivity contribution >= 4 is 6.09 Å². The lowest BCUT2D eigenvalue weighted by Gasteiger charge is -2.26. The largest absolute Gasteiger partial charge is 0.508 e. The third-order valence-corrected chi connectivity index (χ3v) is 5.61. The van der Waals surface area contributed by atoms with Crippen LogP contribution < -0.4 is 11.0 Å². The zero-order chi connectivity index (χ0) is 23.5. The maximum atomic E-state index is 12.5. The molecule has 33 heavy (non-hydrogen) atoms. The van der Waals surface area contributed by atoms with Crippen LogP contribution in [0.1, 0.15) is 30.9 Å². The van der Waals surface area contributed by atoms with Gasteiger partial charge in [0.1, 0.15) is 18.1 Å². The van der Waals surface area contributed by atoms with Gasteiger partial charge in [-0.2, -0.15) is 5.10 Å². The predicted molar refractivity (Wildman–Crippen MR) is 122 cm³/mol. The number of nitrogens with one attached hydrogen (secondary N) is 2. The van der Waals surface area contributed by atoms with Crippen molar-refractivity contribution in [2.24, 2.45) is 0 Å². The normalized spacial score (nSPS) is 14.0. The minimum absolute atomic E-state index is 0.00616. The highest BCUT2D eigenvalue weighted by molar-refractivity contribution is 5.69. The van der Waals surface area contributed by atoms with Crippen LogP contribution in [0.15, 0.2) is 41.2 Å². The maximum absolute atomic E-state index is 12.5. The SMILES string of the molecule is CC(C)c1cc(-c2n[nH]c(=O)n2-c2ccc(COC(=O)N3CCNCC3)cc2)c(O)cc1O. The van der Waals surface area contributed by atoms with E-state index >= 15 is 0 Å². The highest BCUT2D eigenvalue weighted by Gasteiger charge is 2.20. The average molecular weight is 453 g/mol. The molecule has 4 rings (SSSR count). The van der Waals surface area contributed by atoms with Crippen LogP contribution in [-0.4, -0.2) is 62.1 Å². The summed E-state index contributed by atoms with van der Waals surface area (Å²) in [5.41, 5.74) is 1.78. The zero-order valence-electron chi connectivity index (χ0n) is 18.5. The first-order chi connectivity index (χ1) is 15.8. The number of aromatic amines is 1. The van der Waals surface area contributed by atoms with Crippen molar-refractivity contribution in [2.75, 3.05) is 26.2 Å². The van der Waals surface area contributed by atoms with Gasteiger partial charge in [-0.05, 0) is 35.2 Å². The molecular formula is C23H27N5O5. The molecule has 174 valence electrons. The second kappa shape index (κ2) is 9.37. The highest BCUT2D eigenvalue weighted by Crippen LogP contribution is 2.37. The molecule has 0 spiro atoms. The number of rotatable bonds is 5. The van der Waals surface area contributed by atoms with E-state index in [2.05, 4.69) is 15.5 Å². The third kappa shape index (κ3) is 4.70. The fourth-order valence-corrected chi connectivity index (χ4v) is 3.78. The summed E-state index contributed by atoms with van der Waals surface area (Å²) in [5.74, 6) is 0.0212. The lowest BCUT2D eigenvalue weighted by molar-refractivity contribution is 0.0918. The monoisotopic (exact) mass is 453 g/mol. The molecule has 0 saturated carbocycles. The number of phenolic OH excluding ortho intramolecular Hbond substituents is 2. The van der Waals surface area contributed by atoms with Crippen LogP contribution in [0.25, 0.3) is 17.1 Å². The Morgan fingerprint density at radius 1 is 1.12 bits per heavy atom. The van der Waals surface area contributed by atoms with E-state index in [0.29, 0.717) is 29.9 Å². The van der Waals surface area contributed by atoms with Gasteiger partial charge in [0.2, 0.25) is 0 Å². The minimum Gasteiger partial charge on any atom is -0.508 e. The van der Waals surface area contributed by atoms with Crippen molar-refractivity contribution in [3.63, 3.8) is 0 Å². The van der Waals surface area contributed by atoms with Gasteiger partial charge in [0.15, 0.2) is 5.82 Å². The van der Waals surface area contributed by atoms with Crippen LogP contribution in [-0.2, 0) is 11.3 Å². The van der Waals surface area contributed by atoms with Crippen molar-refractivity contribution < 1.29 is 19.7 Å². The van der Waals surface area contributed by atoms with E-state index in [1.54, 1.807) is 35.2 Å². The second-order valence-corrected chi connectivity index (χ2v) is 8.23. The number of phenols is 2. The van der Waals surface area contributed by atoms with E-state index < -0.39 is 5.69 Å². The van der Waals surface area contributed by atoms with Crippen LogP contribution in [0.4, 0.5) is 4.79 Å². The number of hydrogen-bond acceptors (Lipinski definition) is 7. The second-order valence-electron chi connectivity index (χ2n) is 8.23. The Kier molecular flexibility index (Phi) is 6.36. The number of carbonyl (C=O) groups is 1. The Labute approximate surface area is 190 Å². The van der Waals surface area contributed by atoms with Gasteiger partial charge in [-0.25, -0.2) is 19.3 Å². The van der Waals surface area contributed by atoms with Gasteiger partial charge < -0.3 is 25.2 Å². The number of nitrogens with zero attached hydrogens (tertiary/aromatic N) is 3. The van der Waals surface area contributed by atoms with Gasteiger partial charge >= 0.3 is 11.8 Å². The van der Waals surface area contributed by atoms with Crippen LogP contribution in [0, 0.1) is 0 Å². The number of aromatic hydroxyl groups is 2. The van der Waals surface area contributed by atoms with E-state index in [-0.39, 0.29) is 35.9 Å². The van der Waals surface area contributed by atoms with Crippen LogP contribution in [0.2, 0.25) is 0 Å². The Bertz CT molecular complexity index is 1190. The average Bonchev–Trinajstić information content (AvgIpc) is 3.19. The van der Waals surface area contributed by atoms with Crippen molar-refractivity contribution in [3.8, 4) is 28.6 Å². The van der Waals surface area contributed by atoms with Crippen molar-refractivity contribution in [1.29, 1.82) is 0 Å². The molecule has 0 atom stereocenters. The molecule has 1 aromatic heterocycles. The Balaban J connectivity index is 1.56. The van der Waals surface area contributed by atoms with Crippen LogP contribution >= 0.6 is 0 Å². The summed E-state index contributed by atoms with van der Waals surface area (Å²) in [6, 6.07) is 9.85. The first-order valence-corrected chi connectivity index (χ1v) is 10.8. The maximum Gasteiger partial charge on any atom is 0.410 e. The van der Waals surface area contributed by atoms with Gasteiger partial charge in [-0.1, -0.05) is 26.0 Å². The first kappa shape index (κ1) is 22.4. The van der Waals surface area contributed by atoms with Crippen LogP contribution in [0.3, 0.4) is 0 Å². The summed E-state index contributed by atoms with van der Waals surface area (Å²) in [7, 11) is 0. The molecule has 3 aromatic rings. The molecule has 4 N–H and O–H groups in total. The summed E-state index contributed by atoms with van der Waals surface area (Å²) in [6.45, 7) is 6.69. The molecule has 1 aliphatic rings. The third-order valence-electron chi connectivity index (χ3n) is 5.61. The van der Waals surface area contributed by atoms with Gasteiger partial charge in [-0.3, -0.25) is 0 Å². The minimum atomic E-state index is -0.471. The summed E-state index contributed by atoms with van der Waals surface area (Å²) in [6.07, 6.45) is -0.349. The number of H-pyrrole nitrogens is 1. The van der Waals surface area contributed by atoms with Crippen molar-refractivity contribution in [2.45, 2.75) is 26.4 Å². The molecule has 1 amide bonds. The van der Waals surface area contributed by atoms with E-state index in [1.807, 2.05) is 13.8 Å². The fourth-order valence-electron chi connectivity index (χ4n) is 3.78. The molecule has 1 fully saturated rings. The number of hydrogen-bond donors (Lipinski definition) is 4. The molecule has 1 aliphatic heterocycles. The number of ether oxygens (including phenoxy) is 1. The first-order valence-electron chi connectivity index (χ1n) is 10.8. The smallest absolute Gasteiger partial charge is 0.410 e. The Morgan fingerprint density at radius 2 is 1.82 bits per heavy atom. The molecule has 10 nitrogen and oxygen atoms in total. The summed E-state index contributed by atoms with van der Waals surface area (Å²) >= 11 is 0. The van der Waals surface area contributed by atoms with E-state index in [1.165, 1.54) is 10.6 Å². The Hall–Kier alpha value is -3.79. The predicted octanol–water partition coefficient (Wildman–Crippen LogP) is 2.30. The Morgan fingerprint density at radius 3 is 2.48 bits per heavy atom. The highest BCUT2D eigenvalue weighted by atomic mass is 16.6. The molecule has 0 aliphatic carbocycles. The van der Waals surface area contributed by atoms with E-state index in [9.17, 15) is 19.8 Å².